The van der Waals surface area contributed by atoms with E-state index < -0.39 is 0 Å². The van der Waals surface area contributed by atoms with Crippen molar-refractivity contribution < 1.29 is 5.11 Å². The molecule has 2 aromatic heterocycles. The summed E-state index contributed by atoms with van der Waals surface area (Å²) >= 11 is 1.62. The second-order valence-electron chi connectivity index (χ2n) is 3.20. The van der Waals surface area contributed by atoms with E-state index >= 15 is 0 Å². The Morgan fingerprint density at radius 2 is 2.20 bits per heavy atom. The fourth-order valence-electron chi connectivity index (χ4n) is 1.32. The van der Waals surface area contributed by atoms with E-state index in [1.165, 1.54) is 0 Å². The SMILES string of the molecule is OCCc1csc(Cc2ccccn2)n1. The summed E-state index contributed by atoms with van der Waals surface area (Å²) < 4.78 is 0. The number of aromatic nitrogens is 2. The molecule has 0 aliphatic carbocycles. The normalized spacial score (nSPS) is 10.5. The third-order valence-corrected chi connectivity index (χ3v) is 2.92. The van der Waals surface area contributed by atoms with Gasteiger partial charge in [0.25, 0.3) is 0 Å². The number of rotatable bonds is 4. The first-order chi connectivity index (χ1) is 7.38. The molecular formula is C11H12N2OS. The zero-order valence-electron chi connectivity index (χ0n) is 8.26. The number of aliphatic hydroxyl groups is 1. The van der Waals surface area contributed by atoms with Crippen LogP contribution in [0.1, 0.15) is 16.4 Å². The van der Waals surface area contributed by atoms with Crippen LogP contribution in [0.3, 0.4) is 0 Å². The van der Waals surface area contributed by atoms with Crippen LogP contribution < -0.4 is 0 Å². The Kier molecular flexibility index (Phi) is 3.42. The van der Waals surface area contributed by atoms with Crippen LogP contribution in [0.15, 0.2) is 29.8 Å². The minimum absolute atomic E-state index is 0.159. The van der Waals surface area contributed by atoms with Crippen LogP contribution >= 0.6 is 11.3 Å². The summed E-state index contributed by atoms with van der Waals surface area (Å²) in [5, 5.41) is 11.8. The number of aliphatic hydroxyl groups excluding tert-OH is 1. The van der Waals surface area contributed by atoms with E-state index in [0.29, 0.717) is 6.42 Å². The van der Waals surface area contributed by atoms with E-state index in [0.717, 1.165) is 22.8 Å². The van der Waals surface area contributed by atoms with Gasteiger partial charge in [-0.25, -0.2) is 4.98 Å². The van der Waals surface area contributed by atoms with E-state index in [9.17, 15) is 0 Å². The van der Waals surface area contributed by atoms with E-state index in [1.54, 1.807) is 17.5 Å². The van der Waals surface area contributed by atoms with Gasteiger partial charge in [-0.15, -0.1) is 11.3 Å². The molecule has 0 aliphatic rings. The van der Waals surface area contributed by atoms with Crippen molar-refractivity contribution in [1.29, 1.82) is 0 Å². The Labute approximate surface area is 92.5 Å². The first-order valence-corrected chi connectivity index (χ1v) is 5.70. The van der Waals surface area contributed by atoms with Crippen molar-refractivity contribution in [3.8, 4) is 0 Å². The number of pyridine rings is 1. The van der Waals surface area contributed by atoms with Crippen LogP contribution in [0.2, 0.25) is 0 Å². The number of nitrogens with zero attached hydrogens (tertiary/aromatic N) is 2. The Morgan fingerprint density at radius 3 is 2.93 bits per heavy atom. The summed E-state index contributed by atoms with van der Waals surface area (Å²) in [5.41, 5.74) is 2.00. The summed E-state index contributed by atoms with van der Waals surface area (Å²) in [6, 6.07) is 5.88. The molecule has 2 heterocycles. The van der Waals surface area contributed by atoms with Gasteiger partial charge in [0, 0.05) is 36.7 Å². The smallest absolute Gasteiger partial charge is 0.0988 e. The second kappa shape index (κ2) is 5.00. The molecule has 2 aromatic rings. The van der Waals surface area contributed by atoms with Crippen molar-refractivity contribution in [3.05, 3.63) is 46.2 Å². The monoisotopic (exact) mass is 220 g/mol. The molecule has 0 unspecified atom stereocenters. The largest absolute Gasteiger partial charge is 0.396 e. The van der Waals surface area contributed by atoms with Gasteiger partial charge < -0.3 is 5.11 Å². The molecule has 0 radical (unpaired) electrons. The van der Waals surface area contributed by atoms with Crippen molar-refractivity contribution in [2.45, 2.75) is 12.8 Å². The average molecular weight is 220 g/mol. The first kappa shape index (κ1) is 10.3. The topological polar surface area (TPSA) is 46.0 Å². The Bertz CT molecular complexity index is 414. The highest BCUT2D eigenvalue weighted by Crippen LogP contribution is 2.13. The fourth-order valence-corrected chi connectivity index (χ4v) is 2.16. The molecule has 0 aliphatic heterocycles. The van der Waals surface area contributed by atoms with Gasteiger partial charge in [-0.2, -0.15) is 0 Å². The maximum Gasteiger partial charge on any atom is 0.0988 e. The van der Waals surface area contributed by atoms with Gasteiger partial charge >= 0.3 is 0 Å². The fraction of sp³-hybridized carbons (Fsp3) is 0.273. The Morgan fingerprint density at radius 1 is 1.27 bits per heavy atom. The lowest BCUT2D eigenvalue weighted by Gasteiger charge is -1.95. The zero-order valence-corrected chi connectivity index (χ0v) is 9.07. The molecule has 0 fully saturated rings. The van der Waals surface area contributed by atoms with E-state index in [-0.39, 0.29) is 6.61 Å². The standard InChI is InChI=1S/C11H12N2OS/c14-6-4-10-8-15-11(13-10)7-9-3-1-2-5-12-9/h1-3,5,8,14H,4,6-7H2. The molecule has 4 heteroatoms. The highest BCUT2D eigenvalue weighted by molar-refractivity contribution is 7.09. The molecule has 0 bridgehead atoms. The summed E-state index contributed by atoms with van der Waals surface area (Å²) in [4.78, 5) is 8.66. The van der Waals surface area contributed by atoms with E-state index in [1.807, 2.05) is 23.6 Å². The highest BCUT2D eigenvalue weighted by atomic mass is 32.1. The first-order valence-electron chi connectivity index (χ1n) is 4.82. The second-order valence-corrected chi connectivity index (χ2v) is 4.15. The van der Waals surface area contributed by atoms with Crippen LogP contribution in [0, 0.1) is 0 Å². The van der Waals surface area contributed by atoms with Gasteiger partial charge in [-0.05, 0) is 12.1 Å². The van der Waals surface area contributed by atoms with Crippen molar-refractivity contribution >= 4 is 11.3 Å². The minimum Gasteiger partial charge on any atom is -0.396 e. The predicted octanol–water partition coefficient (Wildman–Crippen LogP) is 1.66. The molecular weight excluding hydrogens is 208 g/mol. The quantitative estimate of drug-likeness (QED) is 0.852. The van der Waals surface area contributed by atoms with Crippen LogP contribution in [0.25, 0.3) is 0 Å². The van der Waals surface area contributed by atoms with Gasteiger partial charge in [0.1, 0.15) is 0 Å². The third kappa shape index (κ3) is 2.84. The van der Waals surface area contributed by atoms with Crippen molar-refractivity contribution in [2.24, 2.45) is 0 Å². The molecule has 0 saturated heterocycles. The average Bonchev–Trinajstić information content (AvgIpc) is 2.68. The molecule has 78 valence electrons. The summed E-state index contributed by atoms with van der Waals surface area (Å²) in [5.74, 6) is 0. The number of hydrogen-bond acceptors (Lipinski definition) is 4. The lowest BCUT2D eigenvalue weighted by molar-refractivity contribution is 0.298. The molecule has 0 amide bonds. The zero-order chi connectivity index (χ0) is 10.5. The molecule has 0 aromatic carbocycles. The molecule has 0 saturated carbocycles. The maximum absolute atomic E-state index is 8.77. The van der Waals surface area contributed by atoms with E-state index in [4.69, 9.17) is 5.11 Å². The van der Waals surface area contributed by atoms with Gasteiger partial charge in [0.05, 0.1) is 10.7 Å². The molecule has 3 nitrogen and oxygen atoms in total. The van der Waals surface area contributed by atoms with Crippen LogP contribution in [0.4, 0.5) is 0 Å². The minimum atomic E-state index is 0.159. The Hall–Kier alpha value is -1.26. The summed E-state index contributed by atoms with van der Waals surface area (Å²) in [6.45, 7) is 0.159. The van der Waals surface area contributed by atoms with Crippen molar-refractivity contribution in [1.82, 2.24) is 9.97 Å². The number of thiazole rings is 1. The van der Waals surface area contributed by atoms with Gasteiger partial charge in [0.15, 0.2) is 0 Å². The Balaban J connectivity index is 2.05. The van der Waals surface area contributed by atoms with E-state index in [2.05, 4.69) is 9.97 Å². The lowest BCUT2D eigenvalue weighted by Crippen LogP contribution is -1.93. The summed E-state index contributed by atoms with van der Waals surface area (Å²) in [6.07, 6.45) is 3.20. The molecule has 2 rings (SSSR count). The van der Waals surface area contributed by atoms with Crippen LogP contribution in [-0.4, -0.2) is 21.7 Å². The molecule has 0 atom stereocenters. The van der Waals surface area contributed by atoms with Crippen molar-refractivity contribution in [2.75, 3.05) is 6.61 Å². The van der Waals surface area contributed by atoms with Gasteiger partial charge in [0.2, 0.25) is 0 Å². The van der Waals surface area contributed by atoms with Crippen molar-refractivity contribution in [3.63, 3.8) is 0 Å². The highest BCUT2D eigenvalue weighted by Gasteiger charge is 2.03. The molecule has 0 spiro atoms. The van der Waals surface area contributed by atoms with Gasteiger partial charge in [-0.3, -0.25) is 4.98 Å². The molecule has 15 heavy (non-hydrogen) atoms. The van der Waals surface area contributed by atoms with Crippen LogP contribution in [-0.2, 0) is 12.8 Å². The third-order valence-electron chi connectivity index (χ3n) is 2.03. The van der Waals surface area contributed by atoms with Crippen LogP contribution in [0.5, 0.6) is 0 Å². The number of hydrogen-bond donors (Lipinski definition) is 1. The predicted molar refractivity (Wildman–Crippen MR) is 59.9 cm³/mol. The lowest BCUT2D eigenvalue weighted by atomic mass is 10.3. The maximum atomic E-state index is 8.77. The van der Waals surface area contributed by atoms with Gasteiger partial charge in [-0.1, -0.05) is 6.07 Å². The summed E-state index contributed by atoms with van der Waals surface area (Å²) in [7, 11) is 0. The molecule has 1 N–H and O–H groups in total.